The van der Waals surface area contributed by atoms with Crippen LogP contribution in [0.4, 0.5) is 0 Å². The van der Waals surface area contributed by atoms with Crippen molar-refractivity contribution in [3.05, 3.63) is 41.7 Å². The smallest absolute Gasteiger partial charge is 0.156 e. The predicted molar refractivity (Wildman–Crippen MR) is 83.4 cm³/mol. The van der Waals surface area contributed by atoms with Crippen LogP contribution in [0.3, 0.4) is 0 Å². The van der Waals surface area contributed by atoms with Crippen LogP contribution < -0.4 is 5.73 Å². The predicted octanol–water partition coefficient (Wildman–Crippen LogP) is 3.22. The minimum absolute atomic E-state index is 0.158. The van der Waals surface area contributed by atoms with E-state index >= 15 is 0 Å². The first kappa shape index (κ1) is 13.6. The number of imidazole rings is 1. The van der Waals surface area contributed by atoms with E-state index in [9.17, 15) is 0 Å². The molecule has 0 aliphatic rings. The van der Waals surface area contributed by atoms with Crippen molar-refractivity contribution in [1.82, 2.24) is 14.4 Å². The molecule has 104 valence electrons. The number of pyridine rings is 1. The highest BCUT2D eigenvalue weighted by Gasteiger charge is 2.16. The first-order chi connectivity index (χ1) is 9.78. The fourth-order valence-corrected chi connectivity index (χ4v) is 3.70. The highest BCUT2D eigenvalue weighted by atomic mass is 32.2. The molecule has 3 aromatic heterocycles. The lowest BCUT2D eigenvalue weighted by Gasteiger charge is -2.09. The molecule has 0 aromatic carbocycles. The number of aromatic nitrogens is 3. The van der Waals surface area contributed by atoms with Gasteiger partial charge in [0.15, 0.2) is 4.34 Å². The lowest BCUT2D eigenvalue weighted by Crippen LogP contribution is -2.22. The van der Waals surface area contributed by atoms with Crippen molar-refractivity contribution >= 4 is 28.7 Å². The van der Waals surface area contributed by atoms with Crippen molar-refractivity contribution in [3.63, 3.8) is 0 Å². The first-order valence-electron chi connectivity index (χ1n) is 6.57. The highest BCUT2D eigenvalue weighted by Crippen LogP contribution is 2.32. The normalized spacial score (nSPS) is 12.9. The third-order valence-electron chi connectivity index (χ3n) is 3.17. The standard InChI is InChI=1S/C14H16N4S2/c1-2-10(15)9-11-13(20-14-16-6-8-19-14)17-12-5-3-4-7-18(11)12/h3-8,10H,2,9,15H2,1H3. The van der Waals surface area contributed by atoms with Gasteiger partial charge in [-0.1, -0.05) is 13.0 Å². The summed E-state index contributed by atoms with van der Waals surface area (Å²) in [5.74, 6) is 0. The Morgan fingerprint density at radius 3 is 3.10 bits per heavy atom. The van der Waals surface area contributed by atoms with Crippen LogP contribution in [-0.2, 0) is 6.42 Å². The van der Waals surface area contributed by atoms with Crippen LogP contribution >= 0.6 is 23.1 Å². The number of rotatable bonds is 5. The topological polar surface area (TPSA) is 56.2 Å². The molecule has 0 saturated heterocycles. The van der Waals surface area contributed by atoms with Gasteiger partial charge in [-0.25, -0.2) is 9.97 Å². The van der Waals surface area contributed by atoms with E-state index < -0.39 is 0 Å². The molecule has 0 aliphatic heterocycles. The quantitative estimate of drug-likeness (QED) is 0.786. The lowest BCUT2D eigenvalue weighted by molar-refractivity contribution is 0.627. The largest absolute Gasteiger partial charge is 0.327 e. The van der Waals surface area contributed by atoms with Crippen LogP contribution in [0.5, 0.6) is 0 Å². The van der Waals surface area contributed by atoms with E-state index in [-0.39, 0.29) is 6.04 Å². The molecule has 3 aromatic rings. The summed E-state index contributed by atoms with van der Waals surface area (Å²) in [6.45, 7) is 2.11. The van der Waals surface area contributed by atoms with Gasteiger partial charge in [-0.3, -0.25) is 0 Å². The zero-order valence-electron chi connectivity index (χ0n) is 11.2. The fraction of sp³-hybridized carbons (Fsp3) is 0.286. The maximum absolute atomic E-state index is 6.13. The first-order valence-corrected chi connectivity index (χ1v) is 8.26. The molecular formula is C14H16N4S2. The second kappa shape index (κ2) is 5.95. The van der Waals surface area contributed by atoms with E-state index in [0.717, 1.165) is 27.9 Å². The van der Waals surface area contributed by atoms with Gasteiger partial charge in [0.25, 0.3) is 0 Å². The molecule has 0 amide bonds. The summed E-state index contributed by atoms with van der Waals surface area (Å²) in [5.41, 5.74) is 8.27. The van der Waals surface area contributed by atoms with Crippen molar-refractivity contribution in [2.45, 2.75) is 35.2 Å². The molecule has 3 rings (SSSR count). The number of hydrogen-bond donors (Lipinski definition) is 1. The Balaban J connectivity index is 2.02. The average molecular weight is 304 g/mol. The highest BCUT2D eigenvalue weighted by molar-refractivity contribution is 8.01. The average Bonchev–Trinajstić information content (AvgIpc) is 3.08. The Bertz CT molecular complexity index is 690. The third-order valence-corrected chi connectivity index (χ3v) is 5.07. The summed E-state index contributed by atoms with van der Waals surface area (Å²) in [5, 5.41) is 2.99. The molecule has 3 heterocycles. The van der Waals surface area contributed by atoms with E-state index in [2.05, 4.69) is 16.3 Å². The van der Waals surface area contributed by atoms with E-state index in [0.29, 0.717) is 0 Å². The molecule has 0 radical (unpaired) electrons. The molecule has 4 nitrogen and oxygen atoms in total. The number of nitrogens with zero attached hydrogens (tertiary/aromatic N) is 3. The maximum atomic E-state index is 6.13. The monoisotopic (exact) mass is 304 g/mol. The van der Waals surface area contributed by atoms with Crippen LogP contribution in [0, 0.1) is 0 Å². The van der Waals surface area contributed by atoms with E-state index in [1.54, 1.807) is 23.1 Å². The number of nitrogens with two attached hydrogens (primary N) is 1. The molecule has 6 heteroatoms. The van der Waals surface area contributed by atoms with Crippen molar-refractivity contribution in [2.24, 2.45) is 5.73 Å². The van der Waals surface area contributed by atoms with Gasteiger partial charge in [-0.05, 0) is 30.3 Å². The van der Waals surface area contributed by atoms with Crippen molar-refractivity contribution in [2.75, 3.05) is 0 Å². The second-order valence-electron chi connectivity index (χ2n) is 4.57. The van der Waals surface area contributed by atoms with Gasteiger partial charge < -0.3 is 10.1 Å². The maximum Gasteiger partial charge on any atom is 0.156 e. The molecule has 0 saturated carbocycles. The Labute approximate surface area is 126 Å². The number of hydrogen-bond acceptors (Lipinski definition) is 5. The molecule has 20 heavy (non-hydrogen) atoms. The zero-order chi connectivity index (χ0) is 13.9. The minimum atomic E-state index is 0.158. The fourth-order valence-electron chi connectivity index (χ4n) is 2.03. The van der Waals surface area contributed by atoms with E-state index in [1.165, 1.54) is 5.69 Å². The SMILES string of the molecule is CCC(N)Cc1c(Sc2nccs2)nc2ccccn12. The minimum Gasteiger partial charge on any atom is -0.327 e. The summed E-state index contributed by atoms with van der Waals surface area (Å²) < 4.78 is 3.14. The summed E-state index contributed by atoms with van der Waals surface area (Å²) in [4.78, 5) is 9.04. The molecule has 0 fully saturated rings. The van der Waals surface area contributed by atoms with Crippen molar-refractivity contribution in [3.8, 4) is 0 Å². The second-order valence-corrected chi connectivity index (χ2v) is 6.70. The Kier molecular flexibility index (Phi) is 4.05. The van der Waals surface area contributed by atoms with E-state index in [1.807, 2.05) is 36.0 Å². The van der Waals surface area contributed by atoms with Crippen molar-refractivity contribution in [1.29, 1.82) is 0 Å². The van der Waals surface area contributed by atoms with E-state index in [4.69, 9.17) is 10.7 Å². The summed E-state index contributed by atoms with van der Waals surface area (Å²) in [6.07, 6.45) is 5.66. The Morgan fingerprint density at radius 2 is 2.35 bits per heavy atom. The molecule has 0 bridgehead atoms. The Hall–Kier alpha value is -1.37. The van der Waals surface area contributed by atoms with Gasteiger partial charge in [0, 0.05) is 30.2 Å². The molecular weight excluding hydrogens is 288 g/mol. The zero-order valence-corrected chi connectivity index (χ0v) is 12.8. The van der Waals surface area contributed by atoms with Gasteiger partial charge in [0.05, 0.1) is 5.69 Å². The summed E-state index contributed by atoms with van der Waals surface area (Å²) in [7, 11) is 0. The van der Waals surface area contributed by atoms with Gasteiger partial charge in [0.2, 0.25) is 0 Å². The van der Waals surface area contributed by atoms with Crippen LogP contribution in [0.1, 0.15) is 19.0 Å². The van der Waals surface area contributed by atoms with Crippen molar-refractivity contribution < 1.29 is 0 Å². The molecule has 0 spiro atoms. The Morgan fingerprint density at radius 1 is 1.45 bits per heavy atom. The lowest BCUT2D eigenvalue weighted by atomic mass is 10.1. The molecule has 1 unspecified atom stereocenters. The van der Waals surface area contributed by atoms with Crippen LogP contribution in [0.2, 0.25) is 0 Å². The number of fused-ring (bicyclic) bond motifs is 1. The van der Waals surface area contributed by atoms with Gasteiger partial charge in [0.1, 0.15) is 10.7 Å². The molecule has 1 atom stereocenters. The third kappa shape index (κ3) is 2.72. The number of thiazole rings is 1. The van der Waals surface area contributed by atoms with Gasteiger partial charge in [-0.15, -0.1) is 11.3 Å². The molecule has 0 aliphatic carbocycles. The van der Waals surface area contributed by atoms with Crippen LogP contribution in [0.15, 0.2) is 45.3 Å². The van der Waals surface area contributed by atoms with Gasteiger partial charge in [-0.2, -0.15) is 0 Å². The van der Waals surface area contributed by atoms with Crippen LogP contribution in [-0.4, -0.2) is 20.4 Å². The van der Waals surface area contributed by atoms with Gasteiger partial charge >= 0.3 is 0 Å². The summed E-state index contributed by atoms with van der Waals surface area (Å²) >= 11 is 3.25. The molecule has 2 N–H and O–H groups in total. The van der Waals surface area contributed by atoms with Crippen LogP contribution in [0.25, 0.3) is 5.65 Å². The summed E-state index contributed by atoms with van der Waals surface area (Å²) in [6, 6.07) is 6.20.